The van der Waals surface area contributed by atoms with Crippen LogP contribution >= 0.6 is 0 Å². The van der Waals surface area contributed by atoms with Gasteiger partial charge in [0.25, 0.3) is 0 Å². The van der Waals surface area contributed by atoms with Gasteiger partial charge < -0.3 is 15.0 Å². The van der Waals surface area contributed by atoms with Crippen LogP contribution in [0.4, 0.5) is 5.69 Å². The van der Waals surface area contributed by atoms with Gasteiger partial charge in [-0.05, 0) is 44.9 Å². The summed E-state index contributed by atoms with van der Waals surface area (Å²) < 4.78 is 5.39. The van der Waals surface area contributed by atoms with Crippen LogP contribution in [-0.4, -0.2) is 67.7 Å². The van der Waals surface area contributed by atoms with E-state index in [1.807, 2.05) is 27.8 Å². The zero-order valence-corrected chi connectivity index (χ0v) is 15.5. The molecule has 134 valence electrons. The van der Waals surface area contributed by atoms with E-state index in [1.165, 1.54) is 5.56 Å². The average Bonchev–Trinajstić information content (AvgIpc) is 2.52. The highest BCUT2D eigenvalue weighted by Crippen LogP contribution is 2.12. The van der Waals surface area contributed by atoms with Gasteiger partial charge in [0.1, 0.15) is 5.60 Å². The first-order valence-electron chi connectivity index (χ1n) is 8.79. The second-order valence-corrected chi connectivity index (χ2v) is 7.40. The molecule has 0 radical (unpaired) electrons. The molecule has 5 nitrogen and oxygen atoms in total. The molecule has 0 saturated carbocycles. The number of carbonyl (C=O) groups is 1. The maximum Gasteiger partial charge on any atom is 0.320 e. The fraction of sp³-hybridized carbons (Fsp3) is 0.632. The number of hydrogen-bond acceptors (Lipinski definition) is 5. The number of hydrogen-bond donors (Lipinski definition) is 1. The highest BCUT2D eigenvalue weighted by Gasteiger charge is 2.22. The van der Waals surface area contributed by atoms with Crippen LogP contribution in [0.25, 0.3) is 0 Å². The van der Waals surface area contributed by atoms with E-state index in [2.05, 4.69) is 39.4 Å². The third kappa shape index (κ3) is 6.49. The number of rotatable bonds is 6. The third-order valence-corrected chi connectivity index (χ3v) is 4.17. The molecule has 0 bridgehead atoms. The Labute approximate surface area is 146 Å². The van der Waals surface area contributed by atoms with E-state index < -0.39 is 5.60 Å². The lowest BCUT2D eigenvalue weighted by molar-refractivity contribution is -0.156. The standard InChI is InChI=1S/C19H31N3O2/c1-19(2,3)24-18(23)15-22-12-10-21(11-13-22)9-8-16-6-5-7-17(14-16)20-4/h5-7,14,20H,8-13,15H2,1-4H3. The summed E-state index contributed by atoms with van der Waals surface area (Å²) in [5.41, 5.74) is 2.12. The Kier molecular flexibility index (Phi) is 6.63. The zero-order valence-electron chi connectivity index (χ0n) is 15.5. The molecule has 0 unspecified atom stereocenters. The van der Waals surface area contributed by atoms with Crippen molar-refractivity contribution < 1.29 is 9.53 Å². The maximum absolute atomic E-state index is 11.9. The van der Waals surface area contributed by atoms with Crippen molar-refractivity contribution in [2.45, 2.75) is 32.8 Å². The fourth-order valence-electron chi connectivity index (χ4n) is 2.90. The van der Waals surface area contributed by atoms with E-state index in [0.29, 0.717) is 6.54 Å². The molecule has 0 amide bonds. The molecule has 5 heteroatoms. The van der Waals surface area contributed by atoms with Crippen LogP contribution in [0.5, 0.6) is 0 Å². The highest BCUT2D eigenvalue weighted by atomic mass is 16.6. The molecule has 24 heavy (non-hydrogen) atoms. The SMILES string of the molecule is CNc1cccc(CCN2CCN(CC(=O)OC(C)(C)C)CC2)c1. The van der Waals surface area contributed by atoms with Crippen LogP contribution < -0.4 is 5.32 Å². The van der Waals surface area contributed by atoms with Gasteiger partial charge in [-0.3, -0.25) is 9.69 Å². The molecule has 1 aromatic carbocycles. The first-order valence-corrected chi connectivity index (χ1v) is 8.79. The minimum atomic E-state index is -0.402. The molecule has 0 spiro atoms. The maximum atomic E-state index is 11.9. The van der Waals surface area contributed by atoms with Gasteiger partial charge in [-0.15, -0.1) is 0 Å². The van der Waals surface area contributed by atoms with Gasteiger partial charge in [0.2, 0.25) is 0 Å². The van der Waals surface area contributed by atoms with Crippen LogP contribution in [0.2, 0.25) is 0 Å². The molecule has 1 aliphatic rings. The minimum absolute atomic E-state index is 0.125. The second-order valence-electron chi connectivity index (χ2n) is 7.40. The number of benzene rings is 1. The van der Waals surface area contributed by atoms with E-state index in [1.54, 1.807) is 0 Å². The quantitative estimate of drug-likeness (QED) is 0.809. The van der Waals surface area contributed by atoms with Crippen molar-refractivity contribution in [1.82, 2.24) is 9.80 Å². The lowest BCUT2D eigenvalue weighted by Crippen LogP contribution is -2.49. The average molecular weight is 333 g/mol. The Hall–Kier alpha value is -1.59. The zero-order chi connectivity index (χ0) is 17.6. The number of piperazine rings is 1. The highest BCUT2D eigenvalue weighted by molar-refractivity contribution is 5.72. The Morgan fingerprint density at radius 2 is 1.83 bits per heavy atom. The summed E-state index contributed by atoms with van der Waals surface area (Å²) >= 11 is 0. The number of esters is 1. The van der Waals surface area contributed by atoms with Gasteiger partial charge >= 0.3 is 5.97 Å². The van der Waals surface area contributed by atoms with Crippen LogP contribution in [0.1, 0.15) is 26.3 Å². The Balaban J connectivity index is 1.70. The van der Waals surface area contributed by atoms with Crippen molar-refractivity contribution in [1.29, 1.82) is 0 Å². The van der Waals surface area contributed by atoms with Crippen molar-refractivity contribution >= 4 is 11.7 Å². The molecule has 0 atom stereocenters. The summed E-state index contributed by atoms with van der Waals surface area (Å²) in [4.78, 5) is 16.6. The van der Waals surface area contributed by atoms with Crippen LogP contribution in [-0.2, 0) is 16.0 Å². The first-order chi connectivity index (χ1) is 11.4. The predicted octanol–water partition coefficient (Wildman–Crippen LogP) is 2.23. The van der Waals surface area contributed by atoms with Crippen LogP contribution in [0, 0.1) is 0 Å². The lowest BCUT2D eigenvalue weighted by Gasteiger charge is -2.34. The summed E-state index contributed by atoms with van der Waals surface area (Å²) in [6, 6.07) is 8.57. The molecule has 1 saturated heterocycles. The minimum Gasteiger partial charge on any atom is -0.459 e. The number of carbonyl (C=O) groups excluding carboxylic acids is 1. The third-order valence-electron chi connectivity index (χ3n) is 4.17. The molecule has 1 aliphatic heterocycles. The van der Waals surface area contributed by atoms with Gasteiger partial charge in [0, 0.05) is 45.5 Å². The van der Waals surface area contributed by atoms with E-state index in [-0.39, 0.29) is 5.97 Å². The summed E-state index contributed by atoms with van der Waals surface area (Å²) in [7, 11) is 1.95. The second kappa shape index (κ2) is 8.49. The first kappa shape index (κ1) is 18.7. The van der Waals surface area contributed by atoms with Crippen LogP contribution in [0.3, 0.4) is 0 Å². The molecule has 1 heterocycles. The number of anilines is 1. The van der Waals surface area contributed by atoms with Gasteiger partial charge in [-0.1, -0.05) is 12.1 Å². The van der Waals surface area contributed by atoms with Gasteiger partial charge in [-0.25, -0.2) is 0 Å². The van der Waals surface area contributed by atoms with E-state index in [9.17, 15) is 4.79 Å². The van der Waals surface area contributed by atoms with Crippen molar-refractivity contribution in [3.8, 4) is 0 Å². The van der Waals surface area contributed by atoms with Gasteiger partial charge in [0.05, 0.1) is 6.54 Å². The predicted molar refractivity (Wildman–Crippen MR) is 98.4 cm³/mol. The number of nitrogens with zero attached hydrogens (tertiary/aromatic N) is 2. The molecule has 1 aromatic rings. The Morgan fingerprint density at radius 1 is 1.17 bits per heavy atom. The summed E-state index contributed by atoms with van der Waals surface area (Å²) in [5.74, 6) is -0.125. The van der Waals surface area contributed by atoms with Crippen molar-refractivity contribution in [2.75, 3.05) is 51.6 Å². The van der Waals surface area contributed by atoms with E-state index in [0.717, 1.165) is 44.8 Å². The van der Waals surface area contributed by atoms with Crippen molar-refractivity contribution in [3.63, 3.8) is 0 Å². The van der Waals surface area contributed by atoms with Crippen molar-refractivity contribution in [3.05, 3.63) is 29.8 Å². The number of ether oxygens (including phenoxy) is 1. The molecular formula is C19H31N3O2. The van der Waals surface area contributed by atoms with Gasteiger partial charge in [0.15, 0.2) is 0 Å². The summed E-state index contributed by atoms with van der Waals surface area (Å²) in [6.45, 7) is 11.1. The lowest BCUT2D eigenvalue weighted by atomic mass is 10.1. The topological polar surface area (TPSA) is 44.8 Å². The Bertz CT molecular complexity index is 532. The smallest absolute Gasteiger partial charge is 0.320 e. The molecule has 1 fully saturated rings. The Morgan fingerprint density at radius 3 is 2.46 bits per heavy atom. The van der Waals surface area contributed by atoms with E-state index in [4.69, 9.17) is 4.74 Å². The van der Waals surface area contributed by atoms with Gasteiger partial charge in [-0.2, -0.15) is 0 Å². The fourth-order valence-corrected chi connectivity index (χ4v) is 2.90. The number of nitrogens with one attached hydrogen (secondary N) is 1. The van der Waals surface area contributed by atoms with Crippen molar-refractivity contribution in [2.24, 2.45) is 0 Å². The molecule has 2 rings (SSSR count). The normalized spacial score (nSPS) is 16.8. The molecular weight excluding hydrogens is 302 g/mol. The summed E-state index contributed by atoms with van der Waals surface area (Å²) in [6.07, 6.45) is 1.06. The van der Waals surface area contributed by atoms with E-state index >= 15 is 0 Å². The molecule has 0 aliphatic carbocycles. The van der Waals surface area contributed by atoms with Crippen LogP contribution in [0.15, 0.2) is 24.3 Å². The summed E-state index contributed by atoms with van der Waals surface area (Å²) in [5, 5.41) is 3.18. The molecule has 0 aromatic heterocycles. The largest absolute Gasteiger partial charge is 0.459 e. The monoisotopic (exact) mass is 333 g/mol. The molecule has 1 N–H and O–H groups in total.